The van der Waals surface area contributed by atoms with Gasteiger partial charge in [0.15, 0.2) is 0 Å². The van der Waals surface area contributed by atoms with Crippen LogP contribution in [0.4, 0.5) is 11.5 Å². The van der Waals surface area contributed by atoms with Crippen molar-refractivity contribution in [3.63, 3.8) is 0 Å². The van der Waals surface area contributed by atoms with Crippen molar-refractivity contribution in [2.75, 3.05) is 10.6 Å². The fraction of sp³-hybridized carbons (Fsp3) is 0.267. The molecule has 0 aliphatic rings. The van der Waals surface area contributed by atoms with Gasteiger partial charge in [0.25, 0.3) is 5.91 Å². The Labute approximate surface area is 139 Å². The van der Waals surface area contributed by atoms with E-state index in [1.807, 2.05) is 13.8 Å². The molecule has 0 bridgehead atoms. The molecule has 1 heterocycles. The third kappa shape index (κ3) is 4.08. The standard InChI is InChI=1S/C15H16Cl2N4O/c1-8(2)18-13-7-12(19-9(3)20-13)15(22)21-11-6-4-5-10(16)14(11)17/h4-8H,1-3H3,(H,21,22)(H,18,19,20). The van der Waals surface area contributed by atoms with Gasteiger partial charge in [-0.05, 0) is 32.9 Å². The maximum Gasteiger partial charge on any atom is 0.274 e. The summed E-state index contributed by atoms with van der Waals surface area (Å²) in [5.41, 5.74) is 0.695. The molecule has 1 amide bonds. The zero-order chi connectivity index (χ0) is 16.3. The van der Waals surface area contributed by atoms with Crippen LogP contribution in [0, 0.1) is 6.92 Å². The van der Waals surface area contributed by atoms with Gasteiger partial charge in [-0.2, -0.15) is 0 Å². The van der Waals surface area contributed by atoms with E-state index in [1.54, 1.807) is 31.2 Å². The van der Waals surface area contributed by atoms with E-state index in [9.17, 15) is 4.79 Å². The highest BCUT2D eigenvalue weighted by molar-refractivity contribution is 6.44. The van der Waals surface area contributed by atoms with Crippen molar-refractivity contribution in [2.24, 2.45) is 0 Å². The van der Waals surface area contributed by atoms with Gasteiger partial charge in [-0.25, -0.2) is 9.97 Å². The topological polar surface area (TPSA) is 66.9 Å². The van der Waals surface area contributed by atoms with Crippen molar-refractivity contribution in [1.29, 1.82) is 0 Å². The predicted molar refractivity (Wildman–Crippen MR) is 89.9 cm³/mol. The van der Waals surface area contributed by atoms with Crippen LogP contribution < -0.4 is 10.6 Å². The van der Waals surface area contributed by atoms with E-state index in [0.717, 1.165) is 0 Å². The van der Waals surface area contributed by atoms with E-state index in [0.29, 0.717) is 27.4 Å². The largest absolute Gasteiger partial charge is 0.368 e. The average Bonchev–Trinajstić information content (AvgIpc) is 2.42. The Balaban J connectivity index is 2.26. The lowest BCUT2D eigenvalue weighted by molar-refractivity contribution is 0.102. The smallest absolute Gasteiger partial charge is 0.274 e. The summed E-state index contributed by atoms with van der Waals surface area (Å²) in [6.07, 6.45) is 0. The van der Waals surface area contributed by atoms with Crippen molar-refractivity contribution < 1.29 is 4.79 Å². The number of aryl methyl sites for hydroxylation is 1. The molecule has 5 nitrogen and oxygen atoms in total. The molecule has 0 saturated carbocycles. The molecule has 0 radical (unpaired) electrons. The highest BCUT2D eigenvalue weighted by atomic mass is 35.5. The number of amides is 1. The minimum atomic E-state index is -0.374. The molecule has 2 rings (SSSR count). The second-order valence-electron chi connectivity index (χ2n) is 5.04. The highest BCUT2D eigenvalue weighted by Gasteiger charge is 2.13. The van der Waals surface area contributed by atoms with Crippen molar-refractivity contribution in [1.82, 2.24) is 9.97 Å². The van der Waals surface area contributed by atoms with Gasteiger partial charge in [0.1, 0.15) is 17.3 Å². The number of hydrogen-bond donors (Lipinski definition) is 2. The van der Waals surface area contributed by atoms with Crippen LogP contribution in [0.3, 0.4) is 0 Å². The Morgan fingerprint density at radius 2 is 1.95 bits per heavy atom. The van der Waals surface area contributed by atoms with E-state index in [1.165, 1.54) is 0 Å². The van der Waals surface area contributed by atoms with Crippen LogP contribution in [0.5, 0.6) is 0 Å². The van der Waals surface area contributed by atoms with Gasteiger partial charge in [-0.15, -0.1) is 0 Å². The average molecular weight is 339 g/mol. The van der Waals surface area contributed by atoms with Crippen molar-refractivity contribution >= 4 is 40.6 Å². The van der Waals surface area contributed by atoms with E-state index in [4.69, 9.17) is 23.2 Å². The molecule has 0 aliphatic carbocycles. The van der Waals surface area contributed by atoms with Gasteiger partial charge < -0.3 is 10.6 Å². The zero-order valence-electron chi connectivity index (χ0n) is 12.4. The molecule has 2 aromatic rings. The summed E-state index contributed by atoms with van der Waals surface area (Å²) in [4.78, 5) is 20.7. The molecule has 2 N–H and O–H groups in total. The molecule has 0 saturated heterocycles. The molecule has 0 atom stereocenters. The van der Waals surface area contributed by atoms with E-state index in [-0.39, 0.29) is 17.6 Å². The first-order chi connectivity index (χ1) is 10.4. The summed E-state index contributed by atoms with van der Waals surface area (Å²) in [6, 6.07) is 6.83. The predicted octanol–water partition coefficient (Wildman–Crippen LogP) is 4.16. The fourth-order valence-electron chi connectivity index (χ4n) is 1.84. The number of aromatic nitrogens is 2. The first kappa shape index (κ1) is 16.5. The summed E-state index contributed by atoms with van der Waals surface area (Å²) < 4.78 is 0. The maximum atomic E-state index is 12.3. The third-order valence-electron chi connectivity index (χ3n) is 2.71. The van der Waals surface area contributed by atoms with Crippen molar-refractivity contribution in [2.45, 2.75) is 26.8 Å². The number of benzene rings is 1. The number of hydrogen-bond acceptors (Lipinski definition) is 4. The van der Waals surface area contributed by atoms with Crippen LogP contribution in [-0.2, 0) is 0 Å². The van der Waals surface area contributed by atoms with Crippen molar-refractivity contribution in [3.8, 4) is 0 Å². The van der Waals surface area contributed by atoms with Crippen LogP contribution in [-0.4, -0.2) is 21.9 Å². The summed E-state index contributed by atoms with van der Waals surface area (Å²) >= 11 is 12.0. The van der Waals surface area contributed by atoms with Crippen LogP contribution in [0.25, 0.3) is 0 Å². The molecule has 22 heavy (non-hydrogen) atoms. The number of carbonyl (C=O) groups is 1. The lowest BCUT2D eigenvalue weighted by atomic mass is 10.3. The van der Waals surface area contributed by atoms with E-state index >= 15 is 0 Å². The van der Waals surface area contributed by atoms with Crippen LogP contribution in [0.2, 0.25) is 10.0 Å². The van der Waals surface area contributed by atoms with Gasteiger partial charge in [-0.3, -0.25) is 4.79 Å². The number of nitrogens with zero attached hydrogens (tertiary/aromatic N) is 2. The molecule has 0 unspecified atom stereocenters. The van der Waals surface area contributed by atoms with Gasteiger partial charge >= 0.3 is 0 Å². The Hall–Kier alpha value is -1.85. The van der Waals surface area contributed by atoms with Gasteiger partial charge in [-0.1, -0.05) is 29.3 Å². The number of nitrogens with one attached hydrogen (secondary N) is 2. The fourth-order valence-corrected chi connectivity index (χ4v) is 2.19. The maximum absolute atomic E-state index is 12.3. The Morgan fingerprint density at radius 3 is 2.64 bits per heavy atom. The van der Waals surface area contributed by atoms with E-state index in [2.05, 4.69) is 20.6 Å². The summed E-state index contributed by atoms with van der Waals surface area (Å²) in [5.74, 6) is 0.735. The Bertz CT molecular complexity index is 704. The summed E-state index contributed by atoms with van der Waals surface area (Å²) in [7, 11) is 0. The Kier molecular flexibility index (Phi) is 5.21. The second kappa shape index (κ2) is 6.94. The number of anilines is 2. The monoisotopic (exact) mass is 338 g/mol. The lowest BCUT2D eigenvalue weighted by Crippen LogP contribution is -2.17. The van der Waals surface area contributed by atoms with Crippen molar-refractivity contribution in [3.05, 3.63) is 45.8 Å². The second-order valence-corrected chi connectivity index (χ2v) is 5.83. The SMILES string of the molecule is Cc1nc(NC(C)C)cc(C(=O)Nc2cccc(Cl)c2Cl)n1. The number of rotatable bonds is 4. The van der Waals surface area contributed by atoms with E-state index < -0.39 is 0 Å². The summed E-state index contributed by atoms with van der Waals surface area (Å²) in [5, 5.41) is 6.52. The molecule has 0 fully saturated rings. The normalized spacial score (nSPS) is 10.6. The summed E-state index contributed by atoms with van der Waals surface area (Å²) in [6.45, 7) is 5.71. The van der Waals surface area contributed by atoms with Gasteiger partial charge in [0.2, 0.25) is 0 Å². The van der Waals surface area contributed by atoms with Crippen LogP contribution in [0.1, 0.15) is 30.2 Å². The lowest BCUT2D eigenvalue weighted by Gasteiger charge is -2.12. The first-order valence-corrected chi connectivity index (χ1v) is 7.50. The molecule has 1 aromatic carbocycles. The molecule has 0 aliphatic heterocycles. The zero-order valence-corrected chi connectivity index (χ0v) is 14.0. The molecule has 1 aromatic heterocycles. The molecular weight excluding hydrogens is 323 g/mol. The van der Waals surface area contributed by atoms with Crippen LogP contribution in [0.15, 0.2) is 24.3 Å². The third-order valence-corrected chi connectivity index (χ3v) is 3.53. The highest BCUT2D eigenvalue weighted by Crippen LogP contribution is 2.29. The molecule has 0 spiro atoms. The molecule has 7 heteroatoms. The quantitative estimate of drug-likeness (QED) is 0.878. The number of halogens is 2. The van der Waals surface area contributed by atoms with Gasteiger partial charge in [0, 0.05) is 12.1 Å². The first-order valence-electron chi connectivity index (χ1n) is 6.74. The minimum absolute atomic E-state index is 0.201. The minimum Gasteiger partial charge on any atom is -0.368 e. The van der Waals surface area contributed by atoms with Gasteiger partial charge in [0.05, 0.1) is 15.7 Å². The number of carbonyl (C=O) groups excluding carboxylic acids is 1. The molecular formula is C15H16Cl2N4O. The Morgan fingerprint density at radius 1 is 1.23 bits per heavy atom. The molecule has 116 valence electrons. The van der Waals surface area contributed by atoms with Crippen LogP contribution >= 0.6 is 23.2 Å².